The summed E-state index contributed by atoms with van der Waals surface area (Å²) in [6.45, 7) is 9.76. The summed E-state index contributed by atoms with van der Waals surface area (Å²) >= 11 is 0. The largest absolute Gasteiger partial charge is 0.383 e. The van der Waals surface area contributed by atoms with Crippen LogP contribution in [0, 0.1) is 19.7 Å². The van der Waals surface area contributed by atoms with Crippen molar-refractivity contribution in [2.75, 3.05) is 5.73 Å². The van der Waals surface area contributed by atoms with E-state index in [-0.39, 0.29) is 11.2 Å². The summed E-state index contributed by atoms with van der Waals surface area (Å²) in [5, 5.41) is 0. The molecule has 0 radical (unpaired) electrons. The van der Waals surface area contributed by atoms with Crippen LogP contribution in [0.3, 0.4) is 0 Å². The fraction of sp³-hybridized carbons (Fsp3) is 0.375. The van der Waals surface area contributed by atoms with Crippen molar-refractivity contribution in [2.45, 2.75) is 40.0 Å². The average molecular weight is 273 g/mol. The molecule has 0 saturated heterocycles. The third kappa shape index (κ3) is 2.64. The molecule has 3 nitrogen and oxygen atoms in total. The number of nitrogens with two attached hydrogens (primary N) is 1. The van der Waals surface area contributed by atoms with Gasteiger partial charge in [-0.15, -0.1) is 0 Å². The highest BCUT2D eigenvalue weighted by Gasteiger charge is 2.22. The molecule has 0 fully saturated rings. The summed E-state index contributed by atoms with van der Waals surface area (Å²) in [6.07, 6.45) is 0. The standard InChI is InChI=1S/C16H20FN3/c1-9-6-7-12(17)11(8-9)13-10(2)14(18)20-15(19-13)16(3,4)5/h6-8H,1-5H3,(H2,18,19,20). The van der Waals surface area contributed by atoms with Gasteiger partial charge in [-0.1, -0.05) is 32.4 Å². The Bertz CT molecular complexity index is 658. The quantitative estimate of drug-likeness (QED) is 0.860. The first-order valence-corrected chi connectivity index (χ1v) is 6.61. The first-order chi connectivity index (χ1) is 9.20. The van der Waals surface area contributed by atoms with Gasteiger partial charge in [-0.2, -0.15) is 0 Å². The lowest BCUT2D eigenvalue weighted by molar-refractivity contribution is 0.546. The SMILES string of the molecule is Cc1ccc(F)c(-c2nc(C(C)(C)C)nc(N)c2C)c1. The summed E-state index contributed by atoms with van der Waals surface area (Å²) in [6, 6.07) is 4.99. The molecule has 0 aliphatic carbocycles. The zero-order valence-electron chi connectivity index (χ0n) is 12.6. The highest BCUT2D eigenvalue weighted by Crippen LogP contribution is 2.30. The van der Waals surface area contributed by atoms with Crippen LogP contribution in [0.25, 0.3) is 11.3 Å². The molecule has 0 aliphatic rings. The van der Waals surface area contributed by atoms with Crippen molar-refractivity contribution in [3.63, 3.8) is 0 Å². The van der Waals surface area contributed by atoms with Crippen LogP contribution < -0.4 is 5.73 Å². The number of anilines is 1. The minimum atomic E-state index is -0.295. The van der Waals surface area contributed by atoms with Gasteiger partial charge < -0.3 is 5.73 Å². The number of hydrogen-bond donors (Lipinski definition) is 1. The first-order valence-electron chi connectivity index (χ1n) is 6.61. The van der Waals surface area contributed by atoms with Crippen LogP contribution in [0.2, 0.25) is 0 Å². The molecule has 0 saturated carbocycles. The minimum absolute atomic E-state index is 0.239. The molecule has 0 aliphatic heterocycles. The topological polar surface area (TPSA) is 51.8 Å². The van der Waals surface area contributed by atoms with E-state index < -0.39 is 0 Å². The number of benzene rings is 1. The van der Waals surface area contributed by atoms with Gasteiger partial charge in [0.25, 0.3) is 0 Å². The molecule has 4 heteroatoms. The number of nitrogens with zero attached hydrogens (tertiary/aromatic N) is 2. The smallest absolute Gasteiger partial charge is 0.136 e. The van der Waals surface area contributed by atoms with Crippen LogP contribution in [-0.4, -0.2) is 9.97 Å². The molecule has 2 aromatic rings. The Labute approximate surface area is 119 Å². The van der Waals surface area contributed by atoms with Gasteiger partial charge in [-0.25, -0.2) is 14.4 Å². The zero-order valence-corrected chi connectivity index (χ0v) is 12.6. The molecule has 0 bridgehead atoms. The van der Waals surface area contributed by atoms with Crippen LogP contribution >= 0.6 is 0 Å². The van der Waals surface area contributed by atoms with Gasteiger partial charge in [0.2, 0.25) is 0 Å². The van der Waals surface area contributed by atoms with E-state index in [0.717, 1.165) is 5.56 Å². The summed E-state index contributed by atoms with van der Waals surface area (Å²) in [5.74, 6) is 0.731. The number of halogens is 1. The van der Waals surface area contributed by atoms with Crippen molar-refractivity contribution in [2.24, 2.45) is 0 Å². The molecule has 1 aromatic carbocycles. The van der Waals surface area contributed by atoms with Crippen molar-refractivity contribution in [3.8, 4) is 11.3 Å². The van der Waals surface area contributed by atoms with E-state index in [1.54, 1.807) is 12.1 Å². The molecular formula is C16H20FN3. The van der Waals surface area contributed by atoms with Crippen molar-refractivity contribution in [1.82, 2.24) is 9.97 Å². The summed E-state index contributed by atoms with van der Waals surface area (Å²) in [7, 11) is 0. The highest BCUT2D eigenvalue weighted by molar-refractivity contribution is 5.68. The molecule has 2 N–H and O–H groups in total. The van der Waals surface area contributed by atoms with Crippen LogP contribution in [0.5, 0.6) is 0 Å². The fourth-order valence-electron chi connectivity index (χ4n) is 1.95. The van der Waals surface area contributed by atoms with E-state index in [9.17, 15) is 4.39 Å². The lowest BCUT2D eigenvalue weighted by atomic mass is 9.94. The highest BCUT2D eigenvalue weighted by atomic mass is 19.1. The lowest BCUT2D eigenvalue weighted by Crippen LogP contribution is -2.18. The van der Waals surface area contributed by atoms with Gasteiger partial charge in [0, 0.05) is 16.5 Å². The third-order valence-corrected chi connectivity index (χ3v) is 3.23. The van der Waals surface area contributed by atoms with E-state index in [2.05, 4.69) is 9.97 Å². The van der Waals surface area contributed by atoms with Gasteiger partial charge in [0.15, 0.2) is 0 Å². The Hall–Kier alpha value is -1.97. The van der Waals surface area contributed by atoms with Gasteiger partial charge in [0.05, 0.1) is 5.69 Å². The van der Waals surface area contributed by atoms with E-state index in [1.165, 1.54) is 6.07 Å². The van der Waals surface area contributed by atoms with Crippen LogP contribution in [0.15, 0.2) is 18.2 Å². The second-order valence-corrected chi connectivity index (χ2v) is 6.14. The van der Waals surface area contributed by atoms with Crippen LogP contribution in [0.1, 0.15) is 37.7 Å². The average Bonchev–Trinajstić information content (AvgIpc) is 2.34. The van der Waals surface area contributed by atoms with Gasteiger partial charge in [0.1, 0.15) is 17.5 Å². The summed E-state index contributed by atoms with van der Waals surface area (Å²) in [5.41, 5.74) is 8.47. The maximum Gasteiger partial charge on any atom is 0.136 e. The van der Waals surface area contributed by atoms with E-state index in [4.69, 9.17) is 5.73 Å². The lowest BCUT2D eigenvalue weighted by Gasteiger charge is -2.19. The predicted molar refractivity (Wildman–Crippen MR) is 80.0 cm³/mol. The van der Waals surface area contributed by atoms with Crippen LogP contribution in [-0.2, 0) is 5.41 Å². The predicted octanol–water partition coefficient (Wildman–Crippen LogP) is 3.78. The van der Waals surface area contributed by atoms with E-state index >= 15 is 0 Å². The Kier molecular flexibility index (Phi) is 3.50. The second kappa shape index (κ2) is 4.85. The minimum Gasteiger partial charge on any atom is -0.383 e. The van der Waals surface area contributed by atoms with Crippen molar-refractivity contribution < 1.29 is 4.39 Å². The van der Waals surface area contributed by atoms with Crippen LogP contribution in [0.4, 0.5) is 10.2 Å². The zero-order chi connectivity index (χ0) is 15.1. The van der Waals surface area contributed by atoms with E-state index in [1.807, 2.05) is 34.6 Å². The molecule has 1 heterocycles. The van der Waals surface area contributed by atoms with Crippen molar-refractivity contribution in [3.05, 3.63) is 41.0 Å². The molecule has 106 valence electrons. The molecule has 0 unspecified atom stereocenters. The molecule has 0 spiro atoms. The third-order valence-electron chi connectivity index (χ3n) is 3.23. The number of rotatable bonds is 1. The van der Waals surface area contributed by atoms with Crippen molar-refractivity contribution in [1.29, 1.82) is 0 Å². The fourth-order valence-corrected chi connectivity index (χ4v) is 1.95. The molecule has 2 rings (SSSR count). The molecule has 1 aromatic heterocycles. The monoisotopic (exact) mass is 273 g/mol. The normalized spacial score (nSPS) is 11.7. The Balaban J connectivity index is 2.73. The number of hydrogen-bond acceptors (Lipinski definition) is 3. The molecule has 0 atom stereocenters. The number of aromatic nitrogens is 2. The summed E-state index contributed by atoms with van der Waals surface area (Å²) in [4.78, 5) is 8.87. The maximum absolute atomic E-state index is 14.1. The number of nitrogen functional groups attached to an aromatic ring is 1. The number of aryl methyl sites for hydroxylation is 1. The Morgan fingerprint density at radius 2 is 1.75 bits per heavy atom. The van der Waals surface area contributed by atoms with Gasteiger partial charge in [-0.05, 0) is 26.0 Å². The molecule has 0 amide bonds. The van der Waals surface area contributed by atoms with E-state index in [0.29, 0.717) is 28.5 Å². The second-order valence-electron chi connectivity index (χ2n) is 6.14. The summed E-state index contributed by atoms with van der Waals surface area (Å²) < 4.78 is 14.1. The van der Waals surface area contributed by atoms with Gasteiger partial charge >= 0.3 is 0 Å². The first kappa shape index (κ1) is 14.4. The molecular weight excluding hydrogens is 253 g/mol. The Morgan fingerprint density at radius 1 is 1.10 bits per heavy atom. The van der Waals surface area contributed by atoms with Gasteiger partial charge in [-0.3, -0.25) is 0 Å². The molecule has 20 heavy (non-hydrogen) atoms. The van der Waals surface area contributed by atoms with Crippen molar-refractivity contribution >= 4 is 5.82 Å². The maximum atomic E-state index is 14.1. The Morgan fingerprint density at radius 3 is 2.35 bits per heavy atom.